The Kier molecular flexibility index (Phi) is 8.03. The Morgan fingerprint density at radius 3 is 2.36 bits per heavy atom. The summed E-state index contributed by atoms with van der Waals surface area (Å²) in [6.45, 7) is 9.06. The summed E-state index contributed by atoms with van der Waals surface area (Å²) in [5.74, 6) is 0.912. The maximum atomic E-state index is 3.41. The van der Waals surface area contributed by atoms with Gasteiger partial charge >= 0.3 is 0 Å². The quantitative estimate of drug-likeness (QED) is 0.599. The molecule has 0 radical (unpaired) electrons. The normalized spacial score (nSPS) is 13.4. The van der Waals surface area contributed by atoms with E-state index < -0.39 is 0 Å². The van der Waals surface area contributed by atoms with E-state index in [-0.39, 0.29) is 0 Å². The highest BCUT2D eigenvalue weighted by atomic mass is 14.8. The lowest BCUT2D eigenvalue weighted by Gasteiger charge is -2.13. The van der Waals surface area contributed by atoms with Crippen LogP contribution in [-0.2, 0) is 0 Å². The molecule has 0 rings (SSSR count). The maximum Gasteiger partial charge on any atom is -0.00207 e. The Labute approximate surface area is 71.6 Å². The second-order valence-electron chi connectivity index (χ2n) is 3.22. The van der Waals surface area contributed by atoms with Crippen molar-refractivity contribution in [3.8, 4) is 0 Å². The molecule has 0 fully saturated rings. The lowest BCUT2D eigenvalue weighted by molar-refractivity contribution is 0.424. The first-order chi connectivity index (χ1) is 5.35. The molecule has 1 atom stereocenters. The van der Waals surface area contributed by atoms with Crippen molar-refractivity contribution in [2.75, 3.05) is 13.1 Å². The van der Waals surface area contributed by atoms with E-state index in [0.717, 1.165) is 12.5 Å². The van der Waals surface area contributed by atoms with Crippen LogP contribution >= 0.6 is 0 Å². The summed E-state index contributed by atoms with van der Waals surface area (Å²) in [5.41, 5.74) is 0. The van der Waals surface area contributed by atoms with Gasteiger partial charge in [-0.25, -0.2) is 0 Å². The molecular formula is C10H23N. The zero-order chi connectivity index (χ0) is 8.53. The number of hydrogen-bond donors (Lipinski definition) is 1. The fourth-order valence-corrected chi connectivity index (χ4v) is 1.29. The van der Waals surface area contributed by atoms with Gasteiger partial charge in [0.05, 0.1) is 0 Å². The second kappa shape index (κ2) is 8.06. The van der Waals surface area contributed by atoms with Gasteiger partial charge in [-0.1, -0.05) is 40.0 Å². The fourth-order valence-electron chi connectivity index (χ4n) is 1.29. The van der Waals surface area contributed by atoms with E-state index >= 15 is 0 Å². The first-order valence-electron chi connectivity index (χ1n) is 5.05. The Morgan fingerprint density at radius 2 is 1.91 bits per heavy atom. The Balaban J connectivity index is 3.25. The van der Waals surface area contributed by atoms with E-state index in [4.69, 9.17) is 0 Å². The van der Waals surface area contributed by atoms with Crippen molar-refractivity contribution in [1.82, 2.24) is 5.32 Å². The van der Waals surface area contributed by atoms with Crippen LogP contribution in [-0.4, -0.2) is 13.1 Å². The molecule has 0 aromatic carbocycles. The maximum absolute atomic E-state index is 3.41. The van der Waals surface area contributed by atoms with Gasteiger partial charge in [-0.3, -0.25) is 0 Å². The second-order valence-corrected chi connectivity index (χ2v) is 3.22. The molecule has 0 heterocycles. The third-order valence-corrected chi connectivity index (χ3v) is 2.23. The van der Waals surface area contributed by atoms with Crippen LogP contribution in [0.2, 0.25) is 0 Å². The molecule has 1 unspecified atom stereocenters. The molecule has 1 N–H and O–H groups in total. The molecule has 0 bridgehead atoms. The molecule has 1 heteroatoms. The summed E-state index contributed by atoms with van der Waals surface area (Å²) in [7, 11) is 0. The molecule has 0 spiro atoms. The molecule has 68 valence electrons. The van der Waals surface area contributed by atoms with Gasteiger partial charge in [0, 0.05) is 0 Å². The molecule has 0 aliphatic heterocycles. The van der Waals surface area contributed by atoms with Crippen LogP contribution in [0.4, 0.5) is 0 Å². The predicted octanol–water partition coefficient (Wildman–Crippen LogP) is 2.81. The highest BCUT2D eigenvalue weighted by Gasteiger charge is 2.03. The summed E-state index contributed by atoms with van der Waals surface area (Å²) in [5, 5.41) is 3.41. The van der Waals surface area contributed by atoms with Crippen LogP contribution < -0.4 is 5.32 Å². The van der Waals surface area contributed by atoms with Crippen molar-refractivity contribution >= 4 is 0 Å². The molecule has 1 nitrogen and oxygen atoms in total. The molecule has 0 aromatic rings. The fraction of sp³-hybridized carbons (Fsp3) is 1.00. The van der Waals surface area contributed by atoms with E-state index in [9.17, 15) is 0 Å². The number of hydrogen-bond acceptors (Lipinski definition) is 1. The predicted molar refractivity (Wildman–Crippen MR) is 51.8 cm³/mol. The topological polar surface area (TPSA) is 12.0 Å². The first kappa shape index (κ1) is 11.0. The van der Waals surface area contributed by atoms with Gasteiger partial charge in [0.25, 0.3) is 0 Å². The van der Waals surface area contributed by atoms with E-state index in [0.29, 0.717) is 0 Å². The van der Waals surface area contributed by atoms with Gasteiger partial charge in [0.1, 0.15) is 0 Å². The van der Waals surface area contributed by atoms with Crippen LogP contribution in [0.3, 0.4) is 0 Å². The van der Waals surface area contributed by atoms with Crippen LogP contribution in [0.25, 0.3) is 0 Å². The minimum absolute atomic E-state index is 0.912. The Hall–Kier alpha value is -0.0400. The van der Waals surface area contributed by atoms with E-state index in [1.165, 1.54) is 32.2 Å². The Morgan fingerprint density at radius 1 is 1.18 bits per heavy atom. The van der Waals surface area contributed by atoms with Gasteiger partial charge in [-0.15, -0.1) is 0 Å². The van der Waals surface area contributed by atoms with Gasteiger partial charge < -0.3 is 5.32 Å². The smallest absolute Gasteiger partial charge is 0.00207 e. The average molecular weight is 157 g/mol. The summed E-state index contributed by atoms with van der Waals surface area (Å²) in [4.78, 5) is 0. The van der Waals surface area contributed by atoms with Gasteiger partial charge in [-0.05, 0) is 25.4 Å². The lowest BCUT2D eigenvalue weighted by atomic mass is 9.99. The zero-order valence-corrected chi connectivity index (χ0v) is 8.32. The molecular weight excluding hydrogens is 134 g/mol. The summed E-state index contributed by atoms with van der Waals surface area (Å²) < 4.78 is 0. The van der Waals surface area contributed by atoms with Crippen LogP contribution in [0.15, 0.2) is 0 Å². The summed E-state index contributed by atoms with van der Waals surface area (Å²) in [6, 6.07) is 0. The number of rotatable bonds is 7. The van der Waals surface area contributed by atoms with Crippen molar-refractivity contribution in [1.29, 1.82) is 0 Å². The minimum atomic E-state index is 0.912. The number of nitrogens with one attached hydrogen (secondary N) is 1. The molecule has 0 amide bonds. The van der Waals surface area contributed by atoms with Crippen LogP contribution in [0.1, 0.15) is 46.5 Å². The highest BCUT2D eigenvalue weighted by Crippen LogP contribution is 2.10. The standard InChI is InChI=1S/C10H23N/c1-4-7-8-10(5-2)9-11-6-3/h10-11H,4-9H2,1-3H3. The van der Waals surface area contributed by atoms with Crippen molar-refractivity contribution in [3.63, 3.8) is 0 Å². The molecule has 0 aliphatic rings. The van der Waals surface area contributed by atoms with E-state index in [2.05, 4.69) is 26.1 Å². The molecule has 0 aromatic heterocycles. The van der Waals surface area contributed by atoms with Crippen molar-refractivity contribution < 1.29 is 0 Å². The van der Waals surface area contributed by atoms with Crippen molar-refractivity contribution in [3.05, 3.63) is 0 Å². The highest BCUT2D eigenvalue weighted by molar-refractivity contribution is 4.59. The third-order valence-electron chi connectivity index (χ3n) is 2.23. The van der Waals surface area contributed by atoms with Crippen molar-refractivity contribution in [2.45, 2.75) is 46.5 Å². The Bertz CT molecular complexity index is 63.3. The van der Waals surface area contributed by atoms with E-state index in [1.807, 2.05) is 0 Å². The first-order valence-corrected chi connectivity index (χ1v) is 5.05. The molecule has 11 heavy (non-hydrogen) atoms. The third kappa shape index (κ3) is 6.36. The van der Waals surface area contributed by atoms with E-state index in [1.54, 1.807) is 0 Å². The lowest BCUT2D eigenvalue weighted by Crippen LogP contribution is -2.21. The minimum Gasteiger partial charge on any atom is -0.317 e. The monoisotopic (exact) mass is 157 g/mol. The summed E-state index contributed by atoms with van der Waals surface area (Å²) in [6.07, 6.45) is 5.46. The van der Waals surface area contributed by atoms with Crippen molar-refractivity contribution in [2.24, 2.45) is 5.92 Å². The average Bonchev–Trinajstić information content (AvgIpc) is 2.05. The molecule has 0 aliphatic carbocycles. The largest absolute Gasteiger partial charge is 0.317 e. The molecule has 0 saturated heterocycles. The van der Waals surface area contributed by atoms with Gasteiger partial charge in [0.2, 0.25) is 0 Å². The van der Waals surface area contributed by atoms with Crippen LogP contribution in [0.5, 0.6) is 0 Å². The summed E-state index contributed by atoms with van der Waals surface area (Å²) >= 11 is 0. The zero-order valence-electron chi connectivity index (χ0n) is 8.32. The number of unbranched alkanes of at least 4 members (excludes halogenated alkanes) is 1. The molecule has 0 saturated carbocycles. The van der Waals surface area contributed by atoms with Crippen LogP contribution in [0, 0.1) is 5.92 Å². The van der Waals surface area contributed by atoms with Gasteiger partial charge in [-0.2, -0.15) is 0 Å². The SMILES string of the molecule is CCCCC(CC)CNCC. The van der Waals surface area contributed by atoms with Gasteiger partial charge in [0.15, 0.2) is 0 Å².